The molecule has 1 saturated heterocycles. The number of hydrogen-bond acceptors (Lipinski definition) is 4. The van der Waals surface area contributed by atoms with Crippen molar-refractivity contribution in [2.45, 2.75) is 32.1 Å². The van der Waals surface area contributed by atoms with Gasteiger partial charge in [0.25, 0.3) is 0 Å². The van der Waals surface area contributed by atoms with E-state index in [-0.39, 0.29) is 18.0 Å². The maximum atomic E-state index is 12.7. The van der Waals surface area contributed by atoms with Crippen LogP contribution in [0.3, 0.4) is 0 Å². The number of carbonyl (C=O) groups excluding carboxylic acids is 1. The van der Waals surface area contributed by atoms with E-state index in [1.165, 1.54) is 10.4 Å². The Balaban J connectivity index is 2.39. The number of amides is 1. The van der Waals surface area contributed by atoms with E-state index in [1.54, 1.807) is 13.0 Å². The van der Waals surface area contributed by atoms with Crippen molar-refractivity contribution in [2.24, 2.45) is 11.1 Å². The lowest BCUT2D eigenvalue weighted by atomic mass is 9.89. The Morgan fingerprint density at radius 1 is 1.33 bits per heavy atom. The minimum absolute atomic E-state index is 0.109. The molecule has 0 bridgehead atoms. The number of anilines is 1. The predicted octanol–water partition coefficient (Wildman–Crippen LogP) is 0.772. The highest BCUT2D eigenvalue weighted by Gasteiger charge is 2.43. The zero-order valence-electron chi connectivity index (χ0n) is 12.5. The Hall–Kier alpha value is -1.60. The molecule has 116 valence electrons. The van der Waals surface area contributed by atoms with Crippen LogP contribution in [0, 0.1) is 19.3 Å². The Morgan fingerprint density at radius 3 is 2.43 bits per heavy atom. The van der Waals surface area contributed by atoms with E-state index in [4.69, 9.17) is 11.5 Å². The van der Waals surface area contributed by atoms with Crippen LogP contribution in [0.2, 0.25) is 0 Å². The number of carbonyl (C=O) groups is 1. The molecule has 1 aliphatic rings. The number of sulfonamides is 1. The van der Waals surface area contributed by atoms with Crippen LogP contribution in [0.4, 0.5) is 5.69 Å². The molecule has 1 aliphatic heterocycles. The molecule has 21 heavy (non-hydrogen) atoms. The molecule has 1 amide bonds. The average molecular weight is 311 g/mol. The zero-order valence-corrected chi connectivity index (χ0v) is 13.3. The summed E-state index contributed by atoms with van der Waals surface area (Å²) in [5, 5.41) is 0. The monoisotopic (exact) mass is 311 g/mol. The molecule has 1 aromatic rings. The van der Waals surface area contributed by atoms with Crippen molar-refractivity contribution >= 4 is 21.6 Å². The molecule has 1 aromatic carbocycles. The Morgan fingerprint density at radius 2 is 1.95 bits per heavy atom. The Kier molecular flexibility index (Phi) is 3.75. The van der Waals surface area contributed by atoms with Gasteiger partial charge in [0, 0.05) is 18.8 Å². The molecule has 1 fully saturated rings. The highest BCUT2D eigenvalue weighted by Crippen LogP contribution is 2.34. The maximum Gasteiger partial charge on any atom is 0.243 e. The second kappa shape index (κ2) is 4.99. The Bertz CT molecular complexity index is 676. The molecule has 0 aromatic heterocycles. The van der Waals surface area contributed by atoms with E-state index in [1.807, 2.05) is 13.8 Å². The first-order valence-electron chi connectivity index (χ1n) is 6.75. The SMILES string of the molecule is Cc1cc(S(=O)(=O)N2CCC(C)(C(N)=O)C2)cc(N)c1C. The summed E-state index contributed by atoms with van der Waals surface area (Å²) >= 11 is 0. The van der Waals surface area contributed by atoms with E-state index in [2.05, 4.69) is 0 Å². The van der Waals surface area contributed by atoms with Crippen molar-refractivity contribution in [3.8, 4) is 0 Å². The lowest BCUT2D eigenvalue weighted by Gasteiger charge is -2.21. The minimum atomic E-state index is -3.66. The fourth-order valence-corrected chi connectivity index (χ4v) is 4.16. The zero-order chi connectivity index (χ0) is 16.0. The topological polar surface area (TPSA) is 106 Å². The normalized spacial score (nSPS) is 23.4. The second-order valence-corrected chi connectivity index (χ2v) is 7.91. The third-order valence-electron chi connectivity index (χ3n) is 4.35. The maximum absolute atomic E-state index is 12.7. The lowest BCUT2D eigenvalue weighted by molar-refractivity contribution is -0.126. The van der Waals surface area contributed by atoms with Gasteiger partial charge in [0.15, 0.2) is 0 Å². The van der Waals surface area contributed by atoms with Crippen LogP contribution in [-0.4, -0.2) is 31.7 Å². The van der Waals surface area contributed by atoms with Gasteiger partial charge in [0.1, 0.15) is 0 Å². The van der Waals surface area contributed by atoms with Crippen LogP contribution in [0.5, 0.6) is 0 Å². The molecule has 6 nitrogen and oxygen atoms in total. The summed E-state index contributed by atoms with van der Waals surface area (Å²) in [6, 6.07) is 3.08. The molecule has 7 heteroatoms. The summed E-state index contributed by atoms with van der Waals surface area (Å²) in [5.41, 5.74) is 12.6. The van der Waals surface area contributed by atoms with Crippen molar-refractivity contribution in [3.63, 3.8) is 0 Å². The van der Waals surface area contributed by atoms with Crippen molar-refractivity contribution in [3.05, 3.63) is 23.3 Å². The van der Waals surface area contributed by atoms with Gasteiger partial charge in [-0.25, -0.2) is 8.42 Å². The molecule has 2 rings (SSSR count). The molecule has 0 aliphatic carbocycles. The average Bonchev–Trinajstić information content (AvgIpc) is 2.80. The molecule has 0 spiro atoms. The number of primary amides is 1. The van der Waals surface area contributed by atoms with Gasteiger partial charge in [-0.1, -0.05) is 0 Å². The van der Waals surface area contributed by atoms with Crippen LogP contribution >= 0.6 is 0 Å². The number of hydrogen-bond donors (Lipinski definition) is 2. The van der Waals surface area contributed by atoms with Gasteiger partial charge in [-0.05, 0) is 50.5 Å². The number of benzene rings is 1. The van der Waals surface area contributed by atoms with Gasteiger partial charge < -0.3 is 11.5 Å². The van der Waals surface area contributed by atoms with Crippen molar-refractivity contribution < 1.29 is 13.2 Å². The third-order valence-corrected chi connectivity index (χ3v) is 6.17. The third kappa shape index (κ3) is 2.63. The fourth-order valence-electron chi connectivity index (χ4n) is 2.48. The molecule has 1 atom stereocenters. The van der Waals surface area contributed by atoms with Crippen LogP contribution in [0.15, 0.2) is 17.0 Å². The predicted molar refractivity (Wildman–Crippen MR) is 81.0 cm³/mol. The molecule has 4 N–H and O–H groups in total. The highest BCUT2D eigenvalue weighted by molar-refractivity contribution is 7.89. The molecule has 1 heterocycles. The lowest BCUT2D eigenvalue weighted by Crippen LogP contribution is -2.38. The molecule has 0 saturated carbocycles. The summed E-state index contributed by atoms with van der Waals surface area (Å²) in [7, 11) is -3.66. The van der Waals surface area contributed by atoms with Gasteiger partial charge in [0.2, 0.25) is 15.9 Å². The first-order chi connectivity index (χ1) is 9.58. The summed E-state index contributed by atoms with van der Waals surface area (Å²) < 4.78 is 26.7. The van der Waals surface area contributed by atoms with Gasteiger partial charge in [-0.3, -0.25) is 4.79 Å². The number of nitrogens with two attached hydrogens (primary N) is 2. The Labute approximate surface area is 125 Å². The quantitative estimate of drug-likeness (QED) is 0.804. The second-order valence-electron chi connectivity index (χ2n) is 5.97. The number of aryl methyl sites for hydroxylation is 1. The van der Waals surface area contributed by atoms with Crippen LogP contribution in [0.1, 0.15) is 24.5 Å². The fraction of sp³-hybridized carbons (Fsp3) is 0.500. The van der Waals surface area contributed by atoms with Gasteiger partial charge >= 0.3 is 0 Å². The molecule has 1 unspecified atom stereocenters. The minimum Gasteiger partial charge on any atom is -0.398 e. The van der Waals surface area contributed by atoms with E-state index in [0.717, 1.165) is 11.1 Å². The van der Waals surface area contributed by atoms with Gasteiger partial charge in [-0.15, -0.1) is 0 Å². The largest absolute Gasteiger partial charge is 0.398 e. The summed E-state index contributed by atoms with van der Waals surface area (Å²) in [4.78, 5) is 11.6. The summed E-state index contributed by atoms with van der Waals surface area (Å²) in [5.74, 6) is -0.472. The van der Waals surface area contributed by atoms with Crippen molar-refractivity contribution in [1.29, 1.82) is 0 Å². The first kappa shape index (κ1) is 15.8. The molecular weight excluding hydrogens is 290 g/mol. The summed E-state index contributed by atoms with van der Waals surface area (Å²) in [6.07, 6.45) is 0.432. The van der Waals surface area contributed by atoms with Crippen LogP contribution < -0.4 is 11.5 Å². The van der Waals surface area contributed by atoms with E-state index in [0.29, 0.717) is 12.1 Å². The number of nitrogen functional groups attached to an aromatic ring is 1. The highest BCUT2D eigenvalue weighted by atomic mass is 32.2. The molecular formula is C14H21N3O3S. The van der Waals surface area contributed by atoms with E-state index < -0.39 is 21.3 Å². The smallest absolute Gasteiger partial charge is 0.243 e. The number of rotatable bonds is 3. The van der Waals surface area contributed by atoms with Crippen molar-refractivity contribution in [2.75, 3.05) is 18.8 Å². The number of nitrogens with zero attached hydrogens (tertiary/aromatic N) is 1. The van der Waals surface area contributed by atoms with E-state index >= 15 is 0 Å². The van der Waals surface area contributed by atoms with Crippen LogP contribution in [-0.2, 0) is 14.8 Å². The van der Waals surface area contributed by atoms with Crippen LogP contribution in [0.25, 0.3) is 0 Å². The van der Waals surface area contributed by atoms with E-state index in [9.17, 15) is 13.2 Å². The summed E-state index contributed by atoms with van der Waals surface area (Å²) in [6.45, 7) is 5.76. The first-order valence-corrected chi connectivity index (χ1v) is 8.19. The standard InChI is InChI=1S/C14H21N3O3S/c1-9-6-11(7-12(15)10(9)2)21(19,20)17-5-4-14(3,8-17)13(16)18/h6-7H,4-5,8,15H2,1-3H3,(H2,16,18). The van der Waals surface area contributed by atoms with Gasteiger partial charge in [-0.2, -0.15) is 4.31 Å². The molecule has 0 radical (unpaired) electrons. The van der Waals surface area contributed by atoms with Crippen molar-refractivity contribution in [1.82, 2.24) is 4.31 Å². The van der Waals surface area contributed by atoms with Gasteiger partial charge in [0.05, 0.1) is 10.3 Å².